The Balaban J connectivity index is 0.00000365. The van der Waals surface area contributed by atoms with Crippen LogP contribution in [0.2, 0.25) is 0 Å². The zero-order chi connectivity index (χ0) is 26.6. The van der Waals surface area contributed by atoms with E-state index in [0.717, 1.165) is 29.1 Å². The van der Waals surface area contributed by atoms with Crippen molar-refractivity contribution < 1.29 is 9.90 Å². The van der Waals surface area contributed by atoms with E-state index < -0.39 is 0 Å². The van der Waals surface area contributed by atoms with Crippen LogP contribution in [-0.2, 0) is 4.79 Å². The van der Waals surface area contributed by atoms with Crippen LogP contribution in [0.25, 0.3) is 0 Å². The summed E-state index contributed by atoms with van der Waals surface area (Å²) in [6.07, 6.45) is 10.6. The molecule has 0 aliphatic rings. The molecule has 1 aromatic carbocycles. The fourth-order valence-electron chi connectivity index (χ4n) is 3.13. The molecule has 0 spiro atoms. The number of benzene rings is 1. The average molecular weight is 481 g/mol. The molecule has 0 aromatic heterocycles. The van der Waals surface area contributed by atoms with Crippen LogP contribution in [0.5, 0.6) is 0 Å². The van der Waals surface area contributed by atoms with Crippen molar-refractivity contribution in [2.45, 2.75) is 67.3 Å². The lowest BCUT2D eigenvalue weighted by atomic mass is 10.1. The number of hydrogen-bond acceptors (Lipinski definition) is 5. The lowest BCUT2D eigenvalue weighted by molar-refractivity contribution is -0.120. The first kappa shape index (κ1) is 31.9. The summed E-state index contributed by atoms with van der Waals surface area (Å²) >= 11 is 0. The number of carbonyl (C=O) groups excluding carboxylic acids is 1. The molecule has 0 aliphatic carbocycles. The van der Waals surface area contributed by atoms with Gasteiger partial charge in [-0.1, -0.05) is 62.2 Å². The van der Waals surface area contributed by atoms with Crippen LogP contribution in [0.15, 0.2) is 71.7 Å². The Bertz CT molecular complexity index is 906. The number of aliphatic hydroxyl groups is 1. The number of carbonyl (C=O) groups is 1. The molecule has 35 heavy (non-hydrogen) atoms. The minimum atomic E-state index is -0.198. The number of rotatable bonds is 12. The Kier molecular flexibility index (Phi) is 17.5. The smallest absolute Gasteiger partial charge is 0.225 e. The van der Waals surface area contributed by atoms with Gasteiger partial charge in [0.05, 0.1) is 18.7 Å². The Hall–Kier alpha value is -3.14. The van der Waals surface area contributed by atoms with Crippen LogP contribution in [-0.4, -0.2) is 35.6 Å². The van der Waals surface area contributed by atoms with Crippen LogP contribution in [0.3, 0.4) is 0 Å². The fourth-order valence-corrected chi connectivity index (χ4v) is 3.13. The summed E-state index contributed by atoms with van der Waals surface area (Å²) in [5.74, 6) is -0.105. The molecule has 0 radical (unpaired) electrons. The van der Waals surface area contributed by atoms with Crippen molar-refractivity contribution in [3.63, 3.8) is 0 Å². The third-order valence-electron chi connectivity index (χ3n) is 5.07. The maximum atomic E-state index is 12.3. The molecule has 0 heterocycles. The fraction of sp³-hybridized carbons (Fsp3) is 0.448. The molecule has 0 fully saturated rings. The maximum Gasteiger partial charge on any atom is 0.225 e. The summed E-state index contributed by atoms with van der Waals surface area (Å²) in [5, 5.41) is 24.8. The van der Waals surface area contributed by atoms with Gasteiger partial charge in [0, 0.05) is 42.7 Å². The molecule has 1 unspecified atom stereocenters. The Morgan fingerprint density at radius 1 is 1.14 bits per heavy atom. The van der Waals surface area contributed by atoms with Gasteiger partial charge in [-0.2, -0.15) is 5.26 Å². The van der Waals surface area contributed by atoms with Crippen molar-refractivity contribution in [3.05, 3.63) is 82.9 Å². The second kappa shape index (κ2) is 19.2. The standard InChI is InChI=1S/C26H36N4O2.C3H8/c1-6-22(17-27)11-14-24(7-2)30(8-3)21(5)18-29-26(32)15-16-28-25(19-31)23-12-9-20(4)10-13-23;1-3-2/h6-7,9-14,18,25,28,31H,8,15-16,19H2,1-5H3,(H,29,32);3H2,1-2H3/b14-11-,21-18+,22-6+,24-7-;. The molecule has 192 valence electrons. The number of nitrogens with one attached hydrogen (secondary N) is 2. The molecule has 1 atom stereocenters. The van der Waals surface area contributed by atoms with Gasteiger partial charge in [-0.05, 0) is 52.3 Å². The van der Waals surface area contributed by atoms with Gasteiger partial charge in [0.25, 0.3) is 0 Å². The van der Waals surface area contributed by atoms with Gasteiger partial charge < -0.3 is 20.6 Å². The van der Waals surface area contributed by atoms with E-state index in [1.807, 2.05) is 71.0 Å². The highest BCUT2D eigenvalue weighted by atomic mass is 16.3. The molecule has 1 aromatic rings. The van der Waals surface area contributed by atoms with E-state index in [9.17, 15) is 9.90 Å². The van der Waals surface area contributed by atoms with E-state index in [4.69, 9.17) is 5.26 Å². The van der Waals surface area contributed by atoms with Crippen molar-refractivity contribution in [1.82, 2.24) is 15.5 Å². The van der Waals surface area contributed by atoms with Gasteiger partial charge in [0.2, 0.25) is 5.91 Å². The number of aryl methyl sites for hydroxylation is 1. The van der Waals surface area contributed by atoms with Gasteiger partial charge in [0.1, 0.15) is 0 Å². The van der Waals surface area contributed by atoms with E-state index in [-0.39, 0.29) is 18.6 Å². The van der Waals surface area contributed by atoms with Gasteiger partial charge >= 0.3 is 0 Å². The second-order valence-electron chi connectivity index (χ2n) is 8.06. The minimum Gasteiger partial charge on any atom is -0.394 e. The zero-order valence-electron chi connectivity index (χ0n) is 22.6. The van der Waals surface area contributed by atoms with Gasteiger partial charge in [0.15, 0.2) is 0 Å². The molecular weight excluding hydrogens is 436 g/mol. The second-order valence-corrected chi connectivity index (χ2v) is 8.06. The summed E-state index contributed by atoms with van der Waals surface area (Å²) in [4.78, 5) is 14.3. The molecule has 0 saturated heterocycles. The normalized spacial score (nSPS) is 13.1. The van der Waals surface area contributed by atoms with E-state index in [1.54, 1.807) is 18.4 Å². The Labute approximate surface area is 212 Å². The van der Waals surface area contributed by atoms with E-state index >= 15 is 0 Å². The van der Waals surface area contributed by atoms with Crippen molar-refractivity contribution in [2.75, 3.05) is 19.7 Å². The summed E-state index contributed by atoms with van der Waals surface area (Å²) in [7, 11) is 0. The Morgan fingerprint density at radius 2 is 1.77 bits per heavy atom. The predicted octanol–water partition coefficient (Wildman–Crippen LogP) is 5.65. The summed E-state index contributed by atoms with van der Waals surface area (Å²) < 4.78 is 0. The lowest BCUT2D eigenvalue weighted by Crippen LogP contribution is -2.30. The van der Waals surface area contributed by atoms with Crippen molar-refractivity contribution in [1.29, 1.82) is 5.26 Å². The minimum absolute atomic E-state index is 0.0322. The molecule has 0 saturated carbocycles. The van der Waals surface area contributed by atoms with Crippen LogP contribution < -0.4 is 10.6 Å². The zero-order valence-corrected chi connectivity index (χ0v) is 22.6. The molecule has 6 heteroatoms. The molecule has 6 nitrogen and oxygen atoms in total. The third-order valence-corrected chi connectivity index (χ3v) is 5.07. The summed E-state index contributed by atoms with van der Waals surface area (Å²) in [6.45, 7) is 15.1. The van der Waals surface area contributed by atoms with Crippen LogP contribution in [0.1, 0.15) is 71.6 Å². The summed E-state index contributed by atoms with van der Waals surface area (Å²) in [5.41, 5.74) is 4.58. The third kappa shape index (κ3) is 12.8. The molecule has 0 aliphatic heterocycles. The first-order valence-electron chi connectivity index (χ1n) is 12.4. The first-order chi connectivity index (χ1) is 16.8. The largest absolute Gasteiger partial charge is 0.394 e. The summed E-state index contributed by atoms with van der Waals surface area (Å²) in [6, 6.07) is 9.92. The SMILES string of the molecule is C/C=C(/C=C\C(C#N)=C/C)N(CC)/C(C)=C/NC(=O)CCNC(CO)c1ccc(C)cc1.CCC. The molecular formula is C29H44N4O2. The highest BCUT2D eigenvalue weighted by Crippen LogP contribution is 2.15. The molecule has 1 rings (SSSR count). The number of aliphatic hydroxyl groups excluding tert-OH is 1. The van der Waals surface area contributed by atoms with Crippen LogP contribution in [0.4, 0.5) is 0 Å². The predicted molar refractivity (Wildman–Crippen MR) is 146 cm³/mol. The number of allylic oxidation sites excluding steroid dienone is 6. The van der Waals surface area contributed by atoms with Gasteiger partial charge in [-0.15, -0.1) is 0 Å². The molecule has 0 bridgehead atoms. The maximum absolute atomic E-state index is 12.3. The number of likely N-dealkylation sites (N-methyl/N-ethyl adjacent to an activating group) is 1. The number of hydrogen-bond donors (Lipinski definition) is 3. The lowest BCUT2D eigenvalue weighted by Gasteiger charge is -2.25. The van der Waals surface area contributed by atoms with E-state index in [1.165, 1.54) is 6.42 Å². The molecule has 3 N–H and O–H groups in total. The number of nitrogens with zero attached hydrogens (tertiary/aromatic N) is 2. The van der Waals surface area contributed by atoms with Crippen LogP contribution in [0, 0.1) is 18.3 Å². The van der Waals surface area contributed by atoms with Crippen molar-refractivity contribution >= 4 is 5.91 Å². The monoisotopic (exact) mass is 480 g/mol. The number of amides is 1. The quantitative estimate of drug-likeness (QED) is 0.266. The highest BCUT2D eigenvalue weighted by molar-refractivity contribution is 5.77. The van der Waals surface area contributed by atoms with Gasteiger partial charge in [-0.3, -0.25) is 4.79 Å². The van der Waals surface area contributed by atoms with E-state index in [0.29, 0.717) is 18.5 Å². The average Bonchev–Trinajstić information content (AvgIpc) is 2.86. The van der Waals surface area contributed by atoms with Crippen molar-refractivity contribution in [2.24, 2.45) is 0 Å². The van der Waals surface area contributed by atoms with Crippen molar-refractivity contribution in [3.8, 4) is 6.07 Å². The highest BCUT2D eigenvalue weighted by Gasteiger charge is 2.11. The number of nitriles is 1. The van der Waals surface area contributed by atoms with Gasteiger partial charge in [-0.25, -0.2) is 0 Å². The Morgan fingerprint density at radius 3 is 2.26 bits per heavy atom. The topological polar surface area (TPSA) is 88.4 Å². The van der Waals surface area contributed by atoms with Crippen LogP contribution >= 0.6 is 0 Å². The molecule has 1 amide bonds. The first-order valence-corrected chi connectivity index (χ1v) is 12.4. The van der Waals surface area contributed by atoms with E-state index in [2.05, 4.69) is 35.5 Å².